The number of terminal acetylenes is 1. The van der Waals surface area contributed by atoms with Gasteiger partial charge in [0.05, 0.1) is 17.9 Å². The van der Waals surface area contributed by atoms with Gasteiger partial charge < -0.3 is 5.11 Å². The second kappa shape index (κ2) is 6.88. The molecule has 0 amide bonds. The molecule has 1 rings (SSSR count). The fraction of sp³-hybridized carbons (Fsp3) is 0.615. The van der Waals surface area contributed by atoms with Crippen molar-refractivity contribution < 1.29 is 13.5 Å². The van der Waals surface area contributed by atoms with Gasteiger partial charge in [0.2, 0.25) is 10.0 Å². The summed E-state index contributed by atoms with van der Waals surface area (Å²) in [6, 6.07) is 0. The molecule has 112 valence electrons. The number of hydrogen-bond donors (Lipinski definition) is 1. The third kappa shape index (κ3) is 3.20. The monoisotopic (exact) mass is 299 g/mol. The van der Waals surface area contributed by atoms with E-state index in [9.17, 15) is 8.42 Å². The van der Waals surface area contributed by atoms with Crippen LogP contribution in [0.3, 0.4) is 0 Å². The molecule has 0 atom stereocenters. The number of aliphatic hydroxyl groups is 1. The van der Waals surface area contributed by atoms with Crippen LogP contribution in [-0.2, 0) is 16.6 Å². The first kappa shape index (κ1) is 16.7. The molecule has 1 aromatic heterocycles. The standard InChI is InChI=1S/C13H21N3O3S/c1-5-8-15(6-2)20(18,19)13-11(3)14-16(12(13)4)9-7-10-17/h1,17H,6-10H2,2-4H3. The van der Waals surface area contributed by atoms with Gasteiger partial charge in [-0.05, 0) is 20.3 Å². The van der Waals surface area contributed by atoms with Gasteiger partial charge in [-0.3, -0.25) is 4.68 Å². The van der Waals surface area contributed by atoms with E-state index in [1.807, 2.05) is 0 Å². The van der Waals surface area contributed by atoms with Crippen molar-refractivity contribution in [1.82, 2.24) is 14.1 Å². The third-order valence-electron chi connectivity index (χ3n) is 3.06. The van der Waals surface area contributed by atoms with Crippen LogP contribution in [-0.4, -0.2) is 47.3 Å². The molecule has 1 aromatic rings. The minimum absolute atomic E-state index is 0.0403. The normalized spacial score (nSPS) is 11.8. The fourth-order valence-electron chi connectivity index (χ4n) is 2.09. The summed E-state index contributed by atoms with van der Waals surface area (Å²) in [5.41, 5.74) is 1.03. The van der Waals surface area contributed by atoms with E-state index in [1.165, 1.54) is 4.31 Å². The first-order chi connectivity index (χ1) is 9.39. The van der Waals surface area contributed by atoms with Crippen LogP contribution in [0.15, 0.2) is 4.90 Å². The molecule has 0 aromatic carbocycles. The predicted octanol–water partition coefficient (Wildman–Crippen LogP) is 0.526. The van der Waals surface area contributed by atoms with E-state index < -0.39 is 10.0 Å². The van der Waals surface area contributed by atoms with Crippen molar-refractivity contribution in [3.05, 3.63) is 11.4 Å². The van der Waals surface area contributed by atoms with E-state index >= 15 is 0 Å². The highest BCUT2D eigenvalue weighted by Gasteiger charge is 2.29. The van der Waals surface area contributed by atoms with E-state index in [4.69, 9.17) is 11.5 Å². The van der Waals surface area contributed by atoms with Crippen molar-refractivity contribution in [2.24, 2.45) is 0 Å². The lowest BCUT2D eigenvalue weighted by atomic mass is 10.4. The fourth-order valence-corrected chi connectivity index (χ4v) is 3.83. The molecule has 6 nitrogen and oxygen atoms in total. The first-order valence-corrected chi connectivity index (χ1v) is 7.92. The van der Waals surface area contributed by atoms with Crippen LogP contribution in [0.1, 0.15) is 24.7 Å². The minimum Gasteiger partial charge on any atom is -0.396 e. The molecule has 1 heterocycles. The molecule has 0 aliphatic carbocycles. The summed E-state index contributed by atoms with van der Waals surface area (Å²) in [5, 5.41) is 13.1. The van der Waals surface area contributed by atoms with Crippen molar-refractivity contribution in [3.63, 3.8) is 0 Å². The molecule has 0 aliphatic rings. The van der Waals surface area contributed by atoms with E-state index in [2.05, 4.69) is 11.0 Å². The number of rotatable bonds is 7. The number of sulfonamides is 1. The van der Waals surface area contributed by atoms with E-state index in [-0.39, 0.29) is 18.0 Å². The Morgan fingerprint density at radius 2 is 2.10 bits per heavy atom. The quantitative estimate of drug-likeness (QED) is 0.745. The second-order valence-electron chi connectivity index (χ2n) is 4.44. The lowest BCUT2D eigenvalue weighted by Crippen LogP contribution is -2.32. The molecule has 0 bridgehead atoms. The van der Waals surface area contributed by atoms with Gasteiger partial charge >= 0.3 is 0 Å². The van der Waals surface area contributed by atoms with Crippen molar-refractivity contribution in [2.75, 3.05) is 19.7 Å². The van der Waals surface area contributed by atoms with Gasteiger partial charge in [0, 0.05) is 19.7 Å². The van der Waals surface area contributed by atoms with Gasteiger partial charge in [0.1, 0.15) is 4.90 Å². The molecule has 1 N–H and O–H groups in total. The number of aryl methyl sites for hydroxylation is 2. The van der Waals surface area contributed by atoms with Crippen molar-refractivity contribution in [1.29, 1.82) is 0 Å². The highest BCUT2D eigenvalue weighted by molar-refractivity contribution is 7.89. The zero-order valence-corrected chi connectivity index (χ0v) is 12.9. The Labute approximate surface area is 120 Å². The summed E-state index contributed by atoms with van der Waals surface area (Å²) in [6.07, 6.45) is 5.75. The van der Waals surface area contributed by atoms with Crippen LogP contribution < -0.4 is 0 Å². The van der Waals surface area contributed by atoms with E-state index in [0.29, 0.717) is 30.9 Å². The lowest BCUT2D eigenvalue weighted by molar-refractivity contribution is 0.276. The summed E-state index contributed by atoms with van der Waals surface area (Å²) in [5.74, 6) is 2.36. The topological polar surface area (TPSA) is 75.4 Å². The molecule has 0 unspecified atom stereocenters. The highest BCUT2D eigenvalue weighted by Crippen LogP contribution is 2.23. The Kier molecular flexibility index (Phi) is 5.74. The Morgan fingerprint density at radius 3 is 2.60 bits per heavy atom. The van der Waals surface area contributed by atoms with E-state index in [0.717, 1.165) is 0 Å². The first-order valence-electron chi connectivity index (χ1n) is 6.48. The molecule has 0 radical (unpaired) electrons. The molecule has 0 fully saturated rings. The zero-order chi connectivity index (χ0) is 15.3. The van der Waals surface area contributed by atoms with Gasteiger partial charge in [0.15, 0.2) is 0 Å². The lowest BCUT2D eigenvalue weighted by Gasteiger charge is -2.18. The average Bonchev–Trinajstić information content (AvgIpc) is 2.68. The van der Waals surface area contributed by atoms with Gasteiger partial charge in [-0.15, -0.1) is 6.42 Å². The molecule has 0 spiro atoms. The Bertz CT molecular complexity index is 599. The maximum absolute atomic E-state index is 12.6. The van der Waals surface area contributed by atoms with E-state index in [1.54, 1.807) is 25.5 Å². The Hall–Kier alpha value is -1.36. The number of aromatic nitrogens is 2. The molecule has 0 saturated carbocycles. The largest absolute Gasteiger partial charge is 0.396 e. The molecule has 0 aliphatic heterocycles. The smallest absolute Gasteiger partial charge is 0.247 e. The van der Waals surface area contributed by atoms with Crippen molar-refractivity contribution in [2.45, 2.75) is 38.6 Å². The average molecular weight is 299 g/mol. The summed E-state index contributed by atoms with van der Waals surface area (Å²) < 4.78 is 28.1. The number of hydrogen-bond acceptors (Lipinski definition) is 4. The highest BCUT2D eigenvalue weighted by atomic mass is 32.2. The van der Waals surface area contributed by atoms with Crippen molar-refractivity contribution >= 4 is 10.0 Å². The zero-order valence-electron chi connectivity index (χ0n) is 12.1. The van der Waals surface area contributed by atoms with Crippen LogP contribution in [0.2, 0.25) is 0 Å². The summed E-state index contributed by atoms with van der Waals surface area (Å²) >= 11 is 0. The van der Waals surface area contributed by atoms with Crippen LogP contribution in [0.25, 0.3) is 0 Å². The van der Waals surface area contributed by atoms with Gasteiger partial charge in [-0.25, -0.2) is 8.42 Å². The minimum atomic E-state index is -3.63. The Balaban J connectivity index is 3.25. The van der Waals surface area contributed by atoms with Crippen LogP contribution in [0.5, 0.6) is 0 Å². The third-order valence-corrected chi connectivity index (χ3v) is 5.24. The van der Waals surface area contributed by atoms with Crippen LogP contribution >= 0.6 is 0 Å². The molecule has 20 heavy (non-hydrogen) atoms. The summed E-state index contributed by atoms with van der Waals surface area (Å²) in [4.78, 5) is 0.215. The van der Waals surface area contributed by atoms with Crippen LogP contribution in [0, 0.1) is 26.2 Å². The van der Waals surface area contributed by atoms with Crippen LogP contribution in [0.4, 0.5) is 0 Å². The molecule has 0 saturated heterocycles. The maximum atomic E-state index is 12.6. The maximum Gasteiger partial charge on any atom is 0.247 e. The molecular formula is C13H21N3O3S. The second-order valence-corrected chi connectivity index (χ2v) is 6.31. The van der Waals surface area contributed by atoms with Gasteiger partial charge in [-0.1, -0.05) is 12.8 Å². The predicted molar refractivity (Wildman–Crippen MR) is 76.7 cm³/mol. The van der Waals surface area contributed by atoms with Gasteiger partial charge in [-0.2, -0.15) is 9.40 Å². The molecular weight excluding hydrogens is 278 g/mol. The number of aliphatic hydroxyl groups excluding tert-OH is 1. The molecule has 7 heteroatoms. The summed E-state index contributed by atoms with van der Waals surface area (Å²) in [7, 11) is -3.63. The SMILES string of the molecule is C#CCN(CC)S(=O)(=O)c1c(C)nn(CCCO)c1C. The number of nitrogens with zero attached hydrogens (tertiary/aromatic N) is 3. The van der Waals surface area contributed by atoms with Crippen molar-refractivity contribution in [3.8, 4) is 12.3 Å². The van der Waals surface area contributed by atoms with Gasteiger partial charge in [0.25, 0.3) is 0 Å². The summed E-state index contributed by atoms with van der Waals surface area (Å²) in [6.45, 7) is 6.01. The Morgan fingerprint density at radius 1 is 1.45 bits per heavy atom.